The van der Waals surface area contributed by atoms with Gasteiger partial charge in [-0.15, -0.1) is 0 Å². The molecule has 1 aromatic carbocycles. The lowest BCUT2D eigenvalue weighted by Crippen LogP contribution is -1.98. The maximum absolute atomic E-state index is 9.57. The lowest BCUT2D eigenvalue weighted by molar-refractivity contribution is 0.960. The molecule has 0 saturated carbocycles. The van der Waals surface area contributed by atoms with E-state index in [1.54, 1.807) is 12.4 Å². The predicted octanol–water partition coefficient (Wildman–Crippen LogP) is 5.32. The van der Waals surface area contributed by atoms with Gasteiger partial charge in [0.15, 0.2) is 0 Å². The van der Waals surface area contributed by atoms with E-state index in [0.29, 0.717) is 5.57 Å². The summed E-state index contributed by atoms with van der Waals surface area (Å²) < 4.78 is 3.13. The van der Waals surface area contributed by atoms with E-state index < -0.39 is 0 Å². The fraction of sp³-hybridized carbons (Fsp3) is 0.100. The number of rotatable bonds is 3. The number of hydrogen-bond acceptors (Lipinski definition) is 2. The molecule has 3 nitrogen and oxygen atoms in total. The summed E-state index contributed by atoms with van der Waals surface area (Å²) in [7, 11) is 0. The van der Waals surface area contributed by atoms with E-state index in [4.69, 9.17) is 0 Å². The second kappa shape index (κ2) is 6.86. The molecule has 0 amide bonds. The first kappa shape index (κ1) is 16.2. The number of nitrogens with zero attached hydrogens (tertiary/aromatic N) is 3. The maximum atomic E-state index is 9.57. The fourth-order valence-electron chi connectivity index (χ4n) is 2.82. The molecule has 3 rings (SSSR count). The zero-order valence-corrected chi connectivity index (χ0v) is 15.1. The molecule has 2 heterocycles. The molecule has 0 radical (unpaired) electrons. The molecular weight excluding hydrogens is 362 g/mol. The van der Waals surface area contributed by atoms with Crippen LogP contribution in [0.1, 0.15) is 22.5 Å². The van der Waals surface area contributed by atoms with Crippen molar-refractivity contribution in [2.45, 2.75) is 13.8 Å². The summed E-state index contributed by atoms with van der Waals surface area (Å²) in [6.07, 6.45) is 5.51. The van der Waals surface area contributed by atoms with Gasteiger partial charge in [-0.25, -0.2) is 0 Å². The number of hydrogen-bond donors (Lipinski definition) is 0. The number of allylic oxidation sites excluding steroid dienone is 1. The summed E-state index contributed by atoms with van der Waals surface area (Å²) >= 11 is 3.46. The van der Waals surface area contributed by atoms with Crippen LogP contribution in [0.15, 0.2) is 59.3 Å². The van der Waals surface area contributed by atoms with Gasteiger partial charge in [-0.05, 0) is 61.4 Å². The third-order valence-corrected chi connectivity index (χ3v) is 4.44. The summed E-state index contributed by atoms with van der Waals surface area (Å²) in [5.74, 6) is 0. The van der Waals surface area contributed by atoms with E-state index >= 15 is 0 Å². The third-order valence-electron chi connectivity index (χ3n) is 3.95. The van der Waals surface area contributed by atoms with E-state index in [-0.39, 0.29) is 0 Å². The van der Waals surface area contributed by atoms with Crippen LogP contribution >= 0.6 is 15.9 Å². The van der Waals surface area contributed by atoms with Crippen molar-refractivity contribution < 1.29 is 0 Å². The largest absolute Gasteiger partial charge is 0.318 e. The van der Waals surface area contributed by atoms with Crippen LogP contribution in [0.5, 0.6) is 0 Å². The number of aromatic nitrogens is 2. The second-order valence-electron chi connectivity index (χ2n) is 5.55. The standard InChI is InChI=1S/C20H16BrN3/c1-14-10-17(15(2)24(14)20-6-8-23-9-7-20)11-18(13-22)16-4-3-5-19(21)12-16/h3-12H,1-2H3/b18-11-. The number of benzene rings is 1. The summed E-state index contributed by atoms with van der Waals surface area (Å²) in [5.41, 5.74) is 5.88. The van der Waals surface area contributed by atoms with Gasteiger partial charge in [0.05, 0.1) is 11.6 Å². The minimum atomic E-state index is 0.645. The molecular formula is C20H16BrN3. The Morgan fingerprint density at radius 2 is 1.92 bits per heavy atom. The molecule has 0 bridgehead atoms. The normalized spacial score (nSPS) is 11.3. The first-order valence-electron chi connectivity index (χ1n) is 7.57. The van der Waals surface area contributed by atoms with Gasteiger partial charge in [-0.3, -0.25) is 4.98 Å². The van der Waals surface area contributed by atoms with Crippen molar-refractivity contribution in [2.24, 2.45) is 0 Å². The molecule has 4 heteroatoms. The van der Waals surface area contributed by atoms with E-state index in [1.807, 2.05) is 42.5 Å². The Bertz CT molecular complexity index is 947. The Balaban J connectivity index is 2.09. The van der Waals surface area contributed by atoms with E-state index in [9.17, 15) is 5.26 Å². The molecule has 0 aliphatic carbocycles. The van der Waals surface area contributed by atoms with Crippen LogP contribution in [-0.2, 0) is 0 Å². The van der Waals surface area contributed by atoms with Crippen molar-refractivity contribution in [1.29, 1.82) is 5.26 Å². The number of nitriles is 1. The second-order valence-corrected chi connectivity index (χ2v) is 6.46. The molecule has 0 saturated heterocycles. The highest BCUT2D eigenvalue weighted by molar-refractivity contribution is 9.10. The Kier molecular flexibility index (Phi) is 4.64. The molecule has 0 aliphatic rings. The molecule has 0 atom stereocenters. The van der Waals surface area contributed by atoms with Gasteiger partial charge in [0.25, 0.3) is 0 Å². The van der Waals surface area contributed by atoms with Crippen LogP contribution in [0.4, 0.5) is 0 Å². The smallest absolute Gasteiger partial charge is 0.0998 e. The Labute approximate surface area is 150 Å². The van der Waals surface area contributed by atoms with Crippen LogP contribution < -0.4 is 0 Å². The zero-order chi connectivity index (χ0) is 17.1. The van der Waals surface area contributed by atoms with Crippen molar-refractivity contribution in [3.05, 3.63) is 81.8 Å². The first-order chi connectivity index (χ1) is 11.6. The van der Waals surface area contributed by atoms with Crippen molar-refractivity contribution in [2.75, 3.05) is 0 Å². The number of pyridine rings is 1. The lowest BCUT2D eigenvalue weighted by atomic mass is 10.0. The van der Waals surface area contributed by atoms with Gasteiger partial charge < -0.3 is 4.57 Å². The van der Waals surface area contributed by atoms with Crippen LogP contribution in [0.2, 0.25) is 0 Å². The van der Waals surface area contributed by atoms with E-state index in [1.165, 1.54) is 0 Å². The Morgan fingerprint density at radius 3 is 2.58 bits per heavy atom. The average Bonchev–Trinajstić information content (AvgIpc) is 2.87. The van der Waals surface area contributed by atoms with E-state index in [0.717, 1.165) is 32.7 Å². The van der Waals surface area contributed by atoms with Gasteiger partial charge >= 0.3 is 0 Å². The summed E-state index contributed by atoms with van der Waals surface area (Å²) in [6.45, 7) is 4.13. The molecule has 0 N–H and O–H groups in total. The maximum Gasteiger partial charge on any atom is 0.0998 e. The van der Waals surface area contributed by atoms with E-state index in [2.05, 4.69) is 51.5 Å². The highest BCUT2D eigenvalue weighted by Crippen LogP contribution is 2.26. The zero-order valence-electron chi connectivity index (χ0n) is 13.5. The van der Waals surface area contributed by atoms with Crippen LogP contribution in [0, 0.1) is 25.2 Å². The van der Waals surface area contributed by atoms with Crippen LogP contribution in [0.3, 0.4) is 0 Å². The Hall–Kier alpha value is -2.64. The topological polar surface area (TPSA) is 41.6 Å². The third kappa shape index (κ3) is 3.17. The monoisotopic (exact) mass is 377 g/mol. The molecule has 0 spiro atoms. The fourth-order valence-corrected chi connectivity index (χ4v) is 3.22. The Morgan fingerprint density at radius 1 is 1.17 bits per heavy atom. The number of halogens is 1. The predicted molar refractivity (Wildman–Crippen MR) is 101 cm³/mol. The molecule has 2 aromatic heterocycles. The molecule has 0 unspecified atom stereocenters. The highest BCUT2D eigenvalue weighted by atomic mass is 79.9. The summed E-state index contributed by atoms with van der Waals surface area (Å²) in [4.78, 5) is 4.07. The quantitative estimate of drug-likeness (QED) is 0.579. The lowest BCUT2D eigenvalue weighted by Gasteiger charge is -2.09. The highest BCUT2D eigenvalue weighted by Gasteiger charge is 2.11. The minimum Gasteiger partial charge on any atom is -0.318 e. The molecule has 24 heavy (non-hydrogen) atoms. The molecule has 0 aliphatic heterocycles. The molecule has 3 aromatic rings. The summed E-state index contributed by atoms with van der Waals surface area (Å²) in [6, 6.07) is 16.2. The number of aryl methyl sites for hydroxylation is 1. The van der Waals surface area contributed by atoms with Crippen molar-refractivity contribution in [3.63, 3.8) is 0 Å². The van der Waals surface area contributed by atoms with Gasteiger partial charge in [0.2, 0.25) is 0 Å². The SMILES string of the molecule is Cc1cc(/C=C(/C#N)c2cccc(Br)c2)c(C)n1-c1ccncc1. The van der Waals surface area contributed by atoms with Gasteiger partial charge in [-0.2, -0.15) is 5.26 Å². The van der Waals surface area contributed by atoms with Crippen LogP contribution in [0.25, 0.3) is 17.3 Å². The molecule has 118 valence electrons. The van der Waals surface area contributed by atoms with Gasteiger partial charge in [0.1, 0.15) is 0 Å². The average molecular weight is 378 g/mol. The van der Waals surface area contributed by atoms with Gasteiger partial charge in [-0.1, -0.05) is 28.1 Å². The van der Waals surface area contributed by atoms with Crippen molar-refractivity contribution in [3.8, 4) is 11.8 Å². The van der Waals surface area contributed by atoms with Gasteiger partial charge in [0, 0.05) is 33.9 Å². The first-order valence-corrected chi connectivity index (χ1v) is 8.36. The minimum absolute atomic E-state index is 0.645. The summed E-state index contributed by atoms with van der Waals surface area (Å²) in [5, 5.41) is 9.57. The van der Waals surface area contributed by atoms with Crippen molar-refractivity contribution >= 4 is 27.6 Å². The molecule has 0 fully saturated rings. The van der Waals surface area contributed by atoms with Crippen LogP contribution in [-0.4, -0.2) is 9.55 Å². The van der Waals surface area contributed by atoms with Crippen molar-refractivity contribution in [1.82, 2.24) is 9.55 Å².